The second-order valence-electron chi connectivity index (χ2n) is 4.73. The van der Waals surface area contributed by atoms with Crippen molar-refractivity contribution in [2.75, 3.05) is 5.32 Å². The zero-order chi connectivity index (χ0) is 13.3. The molecule has 1 aromatic heterocycles. The number of aromatic hydroxyl groups is 1. The zero-order valence-corrected chi connectivity index (χ0v) is 11.3. The normalized spacial score (nSPS) is 10.7. The highest BCUT2D eigenvalue weighted by molar-refractivity contribution is 5.48. The molecule has 18 heavy (non-hydrogen) atoms. The number of aromatic nitrogens is 2. The lowest BCUT2D eigenvalue weighted by molar-refractivity contribution is 0.466. The minimum absolute atomic E-state index is 0.385. The molecule has 0 spiro atoms. The SMILES string of the molecule is Cc1cc(CNc2cn(C)nc2C)cc(C)c1O. The Kier molecular flexibility index (Phi) is 3.28. The predicted molar refractivity (Wildman–Crippen MR) is 72.9 cm³/mol. The highest BCUT2D eigenvalue weighted by Crippen LogP contribution is 2.23. The minimum atomic E-state index is 0.385. The first kappa shape index (κ1) is 12.5. The van der Waals surface area contributed by atoms with Crippen molar-refractivity contribution >= 4 is 5.69 Å². The second kappa shape index (κ2) is 4.72. The van der Waals surface area contributed by atoms with E-state index in [1.807, 2.05) is 46.1 Å². The van der Waals surface area contributed by atoms with Gasteiger partial charge in [0, 0.05) is 19.8 Å². The first-order chi connectivity index (χ1) is 8.47. The number of nitrogens with one attached hydrogen (secondary N) is 1. The molecule has 0 aliphatic carbocycles. The maximum Gasteiger partial charge on any atom is 0.121 e. The monoisotopic (exact) mass is 245 g/mol. The quantitative estimate of drug-likeness (QED) is 0.874. The van der Waals surface area contributed by atoms with Crippen LogP contribution in [0.15, 0.2) is 18.3 Å². The number of nitrogens with zero attached hydrogens (tertiary/aromatic N) is 2. The van der Waals surface area contributed by atoms with E-state index in [0.717, 1.165) is 34.6 Å². The Morgan fingerprint density at radius 2 is 1.83 bits per heavy atom. The van der Waals surface area contributed by atoms with Crippen LogP contribution < -0.4 is 5.32 Å². The number of aryl methyl sites for hydroxylation is 4. The van der Waals surface area contributed by atoms with Crippen LogP contribution in [0.5, 0.6) is 5.75 Å². The molecule has 0 amide bonds. The summed E-state index contributed by atoms with van der Waals surface area (Å²) in [6.45, 7) is 6.55. The Morgan fingerprint density at radius 1 is 1.22 bits per heavy atom. The lowest BCUT2D eigenvalue weighted by atomic mass is 10.1. The molecule has 4 heteroatoms. The van der Waals surface area contributed by atoms with Crippen LogP contribution in [0.1, 0.15) is 22.4 Å². The predicted octanol–water partition coefficient (Wildman–Crippen LogP) is 2.66. The van der Waals surface area contributed by atoms with Gasteiger partial charge in [-0.25, -0.2) is 0 Å². The molecular weight excluding hydrogens is 226 g/mol. The molecule has 2 aromatic rings. The number of rotatable bonds is 3. The molecule has 0 atom stereocenters. The Morgan fingerprint density at radius 3 is 2.33 bits per heavy atom. The van der Waals surface area contributed by atoms with E-state index < -0.39 is 0 Å². The van der Waals surface area contributed by atoms with Crippen LogP contribution in [0.3, 0.4) is 0 Å². The smallest absolute Gasteiger partial charge is 0.121 e. The number of phenolic OH excluding ortho intramolecular Hbond substituents is 1. The number of hydrogen-bond donors (Lipinski definition) is 2. The summed E-state index contributed by atoms with van der Waals surface area (Å²) >= 11 is 0. The Bertz CT molecular complexity index is 549. The highest BCUT2D eigenvalue weighted by Gasteiger charge is 2.05. The maximum absolute atomic E-state index is 9.73. The van der Waals surface area contributed by atoms with Crippen molar-refractivity contribution in [2.24, 2.45) is 7.05 Å². The summed E-state index contributed by atoms with van der Waals surface area (Å²) in [4.78, 5) is 0. The first-order valence-corrected chi connectivity index (χ1v) is 6.00. The van der Waals surface area contributed by atoms with Crippen LogP contribution in [-0.4, -0.2) is 14.9 Å². The zero-order valence-electron chi connectivity index (χ0n) is 11.3. The van der Waals surface area contributed by atoms with E-state index in [4.69, 9.17) is 0 Å². The van der Waals surface area contributed by atoms with Gasteiger partial charge in [0.2, 0.25) is 0 Å². The minimum Gasteiger partial charge on any atom is -0.507 e. The Labute approximate surface area is 107 Å². The molecule has 0 radical (unpaired) electrons. The number of hydrogen-bond acceptors (Lipinski definition) is 3. The van der Waals surface area contributed by atoms with E-state index in [9.17, 15) is 5.11 Å². The lowest BCUT2D eigenvalue weighted by Gasteiger charge is -2.09. The van der Waals surface area contributed by atoms with Crippen LogP contribution >= 0.6 is 0 Å². The third kappa shape index (κ3) is 2.47. The van der Waals surface area contributed by atoms with Crippen molar-refractivity contribution in [3.63, 3.8) is 0 Å². The summed E-state index contributed by atoms with van der Waals surface area (Å²) in [5, 5.41) is 17.4. The molecule has 4 nitrogen and oxygen atoms in total. The molecule has 0 fully saturated rings. The largest absolute Gasteiger partial charge is 0.507 e. The molecule has 0 unspecified atom stereocenters. The molecule has 2 N–H and O–H groups in total. The van der Waals surface area contributed by atoms with Gasteiger partial charge in [-0.2, -0.15) is 5.10 Å². The van der Waals surface area contributed by atoms with E-state index in [1.54, 1.807) is 4.68 Å². The molecule has 1 heterocycles. The molecule has 1 aromatic carbocycles. The first-order valence-electron chi connectivity index (χ1n) is 6.00. The average molecular weight is 245 g/mol. The van der Waals surface area contributed by atoms with Crippen LogP contribution in [0, 0.1) is 20.8 Å². The third-order valence-electron chi connectivity index (χ3n) is 3.05. The van der Waals surface area contributed by atoms with E-state index in [1.165, 1.54) is 0 Å². The van der Waals surface area contributed by atoms with Gasteiger partial charge in [-0.3, -0.25) is 4.68 Å². The molecule has 2 rings (SSSR count). The summed E-state index contributed by atoms with van der Waals surface area (Å²) in [6, 6.07) is 4.00. The van der Waals surface area contributed by atoms with Crippen LogP contribution in [0.4, 0.5) is 5.69 Å². The fourth-order valence-electron chi connectivity index (χ4n) is 2.12. The van der Waals surface area contributed by atoms with Crippen molar-refractivity contribution in [1.82, 2.24) is 9.78 Å². The van der Waals surface area contributed by atoms with Gasteiger partial charge in [0.15, 0.2) is 0 Å². The molecule has 0 saturated carbocycles. The van der Waals surface area contributed by atoms with Gasteiger partial charge in [-0.05, 0) is 37.5 Å². The fraction of sp³-hybridized carbons (Fsp3) is 0.357. The van der Waals surface area contributed by atoms with Crippen LogP contribution in [0.2, 0.25) is 0 Å². The van der Waals surface area contributed by atoms with E-state index in [0.29, 0.717) is 5.75 Å². The summed E-state index contributed by atoms with van der Waals surface area (Å²) in [5.74, 6) is 0.385. The summed E-state index contributed by atoms with van der Waals surface area (Å²) in [6.07, 6.45) is 1.97. The number of phenols is 1. The summed E-state index contributed by atoms with van der Waals surface area (Å²) in [7, 11) is 1.91. The molecule has 0 aliphatic rings. The van der Waals surface area contributed by atoms with E-state index >= 15 is 0 Å². The van der Waals surface area contributed by atoms with Crippen molar-refractivity contribution < 1.29 is 5.11 Å². The van der Waals surface area contributed by atoms with Crippen molar-refractivity contribution in [3.05, 3.63) is 40.7 Å². The summed E-state index contributed by atoms with van der Waals surface area (Å²) < 4.78 is 1.80. The van der Waals surface area contributed by atoms with E-state index in [-0.39, 0.29) is 0 Å². The van der Waals surface area contributed by atoms with Gasteiger partial charge < -0.3 is 10.4 Å². The van der Waals surface area contributed by atoms with Gasteiger partial charge >= 0.3 is 0 Å². The standard InChI is InChI=1S/C14H19N3O/c1-9-5-12(6-10(2)14(9)18)7-15-13-8-17(4)16-11(13)3/h5-6,8,15,18H,7H2,1-4H3. The fourth-order valence-corrected chi connectivity index (χ4v) is 2.12. The second-order valence-corrected chi connectivity index (χ2v) is 4.73. The van der Waals surface area contributed by atoms with Gasteiger partial charge in [-0.15, -0.1) is 0 Å². The van der Waals surface area contributed by atoms with Gasteiger partial charge in [0.1, 0.15) is 5.75 Å². The lowest BCUT2D eigenvalue weighted by Crippen LogP contribution is -2.00. The van der Waals surface area contributed by atoms with Crippen molar-refractivity contribution in [3.8, 4) is 5.75 Å². The van der Waals surface area contributed by atoms with Crippen LogP contribution in [0.25, 0.3) is 0 Å². The van der Waals surface area contributed by atoms with Gasteiger partial charge in [0.05, 0.1) is 11.4 Å². The maximum atomic E-state index is 9.73. The molecule has 0 saturated heterocycles. The molecular formula is C14H19N3O. The van der Waals surface area contributed by atoms with Gasteiger partial charge in [0.25, 0.3) is 0 Å². The summed E-state index contributed by atoms with van der Waals surface area (Å²) in [5.41, 5.74) is 5.01. The number of anilines is 1. The van der Waals surface area contributed by atoms with Crippen LogP contribution in [-0.2, 0) is 13.6 Å². The molecule has 0 bridgehead atoms. The average Bonchev–Trinajstić information content (AvgIpc) is 2.62. The topological polar surface area (TPSA) is 50.1 Å². The number of benzene rings is 1. The molecule has 0 aliphatic heterocycles. The van der Waals surface area contributed by atoms with Gasteiger partial charge in [-0.1, -0.05) is 12.1 Å². The van der Waals surface area contributed by atoms with Crippen molar-refractivity contribution in [2.45, 2.75) is 27.3 Å². The Balaban J connectivity index is 2.13. The van der Waals surface area contributed by atoms with Crippen molar-refractivity contribution in [1.29, 1.82) is 0 Å². The van der Waals surface area contributed by atoms with E-state index in [2.05, 4.69) is 10.4 Å². The Hall–Kier alpha value is -1.97. The highest BCUT2D eigenvalue weighted by atomic mass is 16.3. The molecule has 96 valence electrons. The third-order valence-corrected chi connectivity index (χ3v) is 3.05.